The van der Waals surface area contributed by atoms with E-state index in [2.05, 4.69) is 31.3 Å². The first-order valence-electron chi connectivity index (χ1n) is 6.57. The van der Waals surface area contributed by atoms with Crippen molar-refractivity contribution in [1.29, 1.82) is 0 Å². The van der Waals surface area contributed by atoms with E-state index in [1.807, 2.05) is 31.3 Å². The largest absolute Gasteiger partial charge is 0.378 e. The lowest BCUT2D eigenvalue weighted by Crippen LogP contribution is -2.43. The number of rotatable bonds is 4. The van der Waals surface area contributed by atoms with Crippen LogP contribution >= 0.6 is 0 Å². The predicted octanol–water partition coefficient (Wildman–Crippen LogP) is 3.09. The van der Waals surface area contributed by atoms with Crippen LogP contribution in [0.15, 0.2) is 42.1 Å². The summed E-state index contributed by atoms with van der Waals surface area (Å²) in [5, 5.41) is 3.27. The van der Waals surface area contributed by atoms with E-state index in [1.165, 1.54) is 5.56 Å². The summed E-state index contributed by atoms with van der Waals surface area (Å²) in [4.78, 5) is 12.4. The fraction of sp³-hybridized carbons (Fsp3) is 0.438. The molecule has 1 atom stereocenters. The van der Waals surface area contributed by atoms with Gasteiger partial charge in [-0.15, -0.1) is 0 Å². The molecule has 0 radical (unpaired) electrons. The Labute approximate surface area is 109 Å². The quantitative estimate of drug-likeness (QED) is 0.880. The summed E-state index contributed by atoms with van der Waals surface area (Å²) in [6.45, 7) is 6.30. The molecular weight excluding hydrogens is 222 g/mol. The number of nitrogens with one attached hydrogen (secondary N) is 1. The summed E-state index contributed by atoms with van der Waals surface area (Å²) in [5.41, 5.74) is 1.68. The molecule has 0 fully saturated rings. The standard InChI is InChI=1S/C16H21NO/c1-12(2)10-16(3)15(18)14(11-17-16)9-13-7-5-4-6-8-13/h4-8,11-12,17H,9-10H2,1-3H3. The average Bonchev–Trinajstić information content (AvgIpc) is 2.58. The maximum Gasteiger partial charge on any atom is 0.185 e. The first-order valence-corrected chi connectivity index (χ1v) is 6.57. The summed E-state index contributed by atoms with van der Waals surface area (Å²) in [6, 6.07) is 10.1. The molecule has 0 saturated heterocycles. The number of carbonyl (C=O) groups excluding carboxylic acids is 1. The molecule has 1 heterocycles. The Hall–Kier alpha value is -1.57. The van der Waals surface area contributed by atoms with E-state index in [4.69, 9.17) is 0 Å². The minimum Gasteiger partial charge on any atom is -0.378 e. The van der Waals surface area contributed by atoms with Crippen LogP contribution in [0.2, 0.25) is 0 Å². The van der Waals surface area contributed by atoms with Crippen molar-refractivity contribution in [3.05, 3.63) is 47.7 Å². The van der Waals surface area contributed by atoms with Gasteiger partial charge in [0.2, 0.25) is 0 Å². The van der Waals surface area contributed by atoms with Gasteiger partial charge in [0, 0.05) is 18.2 Å². The molecule has 1 N–H and O–H groups in total. The number of hydrogen-bond acceptors (Lipinski definition) is 2. The highest BCUT2D eigenvalue weighted by molar-refractivity contribution is 6.04. The molecular formula is C16H21NO. The molecule has 0 spiro atoms. The van der Waals surface area contributed by atoms with Gasteiger partial charge in [0.25, 0.3) is 0 Å². The van der Waals surface area contributed by atoms with E-state index in [0.717, 1.165) is 18.4 Å². The van der Waals surface area contributed by atoms with Crippen molar-refractivity contribution < 1.29 is 4.79 Å². The Balaban J connectivity index is 2.07. The van der Waals surface area contributed by atoms with Crippen LogP contribution in [0, 0.1) is 5.92 Å². The van der Waals surface area contributed by atoms with E-state index < -0.39 is 5.54 Å². The van der Waals surface area contributed by atoms with Gasteiger partial charge in [-0.2, -0.15) is 0 Å². The Bertz CT molecular complexity index is 461. The smallest absolute Gasteiger partial charge is 0.185 e. The van der Waals surface area contributed by atoms with Crippen molar-refractivity contribution in [3.63, 3.8) is 0 Å². The molecule has 2 nitrogen and oxygen atoms in total. The summed E-state index contributed by atoms with van der Waals surface area (Å²) in [6.07, 6.45) is 3.50. The van der Waals surface area contributed by atoms with Crippen molar-refractivity contribution >= 4 is 5.78 Å². The highest BCUT2D eigenvalue weighted by Gasteiger charge is 2.38. The minimum absolute atomic E-state index is 0.250. The number of Topliss-reactive ketones (excluding diaryl/α,β-unsaturated/α-hetero) is 1. The molecule has 0 amide bonds. The highest BCUT2D eigenvalue weighted by Crippen LogP contribution is 2.27. The van der Waals surface area contributed by atoms with Crippen LogP contribution < -0.4 is 5.32 Å². The second kappa shape index (κ2) is 4.97. The third kappa shape index (κ3) is 2.63. The topological polar surface area (TPSA) is 29.1 Å². The Morgan fingerprint density at radius 1 is 1.22 bits per heavy atom. The normalized spacial score (nSPS) is 23.1. The fourth-order valence-electron chi connectivity index (χ4n) is 2.65. The molecule has 2 rings (SSSR count). The van der Waals surface area contributed by atoms with Gasteiger partial charge in [-0.3, -0.25) is 4.79 Å². The zero-order chi connectivity index (χ0) is 13.2. The zero-order valence-corrected chi connectivity index (χ0v) is 11.4. The van der Waals surface area contributed by atoms with Crippen LogP contribution in [0.25, 0.3) is 0 Å². The molecule has 1 unspecified atom stereocenters. The Morgan fingerprint density at radius 3 is 2.50 bits per heavy atom. The van der Waals surface area contributed by atoms with Gasteiger partial charge in [-0.1, -0.05) is 44.2 Å². The van der Waals surface area contributed by atoms with E-state index in [9.17, 15) is 4.79 Å². The van der Waals surface area contributed by atoms with E-state index >= 15 is 0 Å². The van der Waals surface area contributed by atoms with Gasteiger partial charge in [-0.25, -0.2) is 0 Å². The van der Waals surface area contributed by atoms with Crippen LogP contribution in [0.1, 0.15) is 32.8 Å². The summed E-state index contributed by atoms with van der Waals surface area (Å²) in [7, 11) is 0. The first kappa shape index (κ1) is 12.9. The Morgan fingerprint density at radius 2 is 1.89 bits per heavy atom. The van der Waals surface area contributed by atoms with Crippen LogP contribution in [0.3, 0.4) is 0 Å². The van der Waals surface area contributed by atoms with Crippen molar-refractivity contribution in [2.45, 2.75) is 39.2 Å². The average molecular weight is 243 g/mol. The number of ketones is 1. The number of benzene rings is 1. The molecule has 1 aromatic rings. The highest BCUT2D eigenvalue weighted by atomic mass is 16.1. The second-order valence-electron chi connectivity index (χ2n) is 5.74. The number of hydrogen-bond donors (Lipinski definition) is 1. The molecule has 1 aliphatic rings. The monoisotopic (exact) mass is 243 g/mol. The molecule has 18 heavy (non-hydrogen) atoms. The van der Waals surface area contributed by atoms with Crippen molar-refractivity contribution in [2.24, 2.45) is 5.92 Å². The van der Waals surface area contributed by atoms with Crippen molar-refractivity contribution in [2.75, 3.05) is 0 Å². The van der Waals surface area contributed by atoms with E-state index in [1.54, 1.807) is 0 Å². The fourth-order valence-corrected chi connectivity index (χ4v) is 2.65. The molecule has 1 aliphatic heterocycles. The number of carbonyl (C=O) groups is 1. The first-order chi connectivity index (χ1) is 8.51. The third-order valence-electron chi connectivity index (χ3n) is 3.41. The molecule has 2 heteroatoms. The summed E-state index contributed by atoms with van der Waals surface area (Å²) < 4.78 is 0. The van der Waals surface area contributed by atoms with Gasteiger partial charge >= 0.3 is 0 Å². The zero-order valence-electron chi connectivity index (χ0n) is 11.4. The van der Waals surface area contributed by atoms with Gasteiger partial charge in [0.1, 0.15) is 0 Å². The van der Waals surface area contributed by atoms with Gasteiger partial charge < -0.3 is 5.32 Å². The maximum atomic E-state index is 12.4. The maximum absolute atomic E-state index is 12.4. The molecule has 1 aromatic carbocycles. The predicted molar refractivity (Wildman–Crippen MR) is 74.2 cm³/mol. The second-order valence-corrected chi connectivity index (χ2v) is 5.74. The molecule has 0 bridgehead atoms. The van der Waals surface area contributed by atoms with Crippen LogP contribution in [0.4, 0.5) is 0 Å². The van der Waals surface area contributed by atoms with Crippen LogP contribution in [0.5, 0.6) is 0 Å². The lowest BCUT2D eigenvalue weighted by atomic mass is 9.85. The van der Waals surface area contributed by atoms with E-state index in [0.29, 0.717) is 5.92 Å². The van der Waals surface area contributed by atoms with Crippen LogP contribution in [-0.2, 0) is 11.2 Å². The van der Waals surface area contributed by atoms with Gasteiger partial charge in [0.05, 0.1) is 5.54 Å². The molecule has 96 valence electrons. The van der Waals surface area contributed by atoms with Crippen LogP contribution in [-0.4, -0.2) is 11.3 Å². The molecule has 0 saturated carbocycles. The van der Waals surface area contributed by atoms with Crippen molar-refractivity contribution in [1.82, 2.24) is 5.32 Å². The molecule has 0 aliphatic carbocycles. The molecule has 0 aromatic heterocycles. The Kier molecular flexibility index (Phi) is 3.55. The van der Waals surface area contributed by atoms with E-state index in [-0.39, 0.29) is 5.78 Å². The van der Waals surface area contributed by atoms with Gasteiger partial charge in [-0.05, 0) is 24.8 Å². The van der Waals surface area contributed by atoms with Gasteiger partial charge in [0.15, 0.2) is 5.78 Å². The minimum atomic E-state index is -0.404. The lowest BCUT2D eigenvalue weighted by Gasteiger charge is -2.25. The SMILES string of the molecule is CC(C)CC1(C)NC=C(Cc2ccccc2)C1=O. The third-order valence-corrected chi connectivity index (χ3v) is 3.41. The lowest BCUT2D eigenvalue weighted by molar-refractivity contribution is -0.120. The summed E-state index contributed by atoms with van der Waals surface area (Å²) in [5.74, 6) is 0.760. The summed E-state index contributed by atoms with van der Waals surface area (Å²) >= 11 is 0. The van der Waals surface area contributed by atoms with Crippen molar-refractivity contribution in [3.8, 4) is 0 Å².